The standard InChI is InChI=1S/C18H31N7O3/c19-4-1-11-7-22-17-15(16(20)24-25(17)9-11)18(26)23-13-8-21-5-2-14(13)28-12-3-6-27-10-12/h11-17,21-22,24H,1-3,5-10,20H2,(H,23,26)/t11?,12-,13?,14?,15?,16?,17?/m1/s1. The lowest BCUT2D eigenvalue weighted by atomic mass is 9.96. The van der Waals surface area contributed by atoms with E-state index in [1.54, 1.807) is 0 Å². The number of nitrogens with two attached hydrogens (primary N) is 1. The van der Waals surface area contributed by atoms with Crippen molar-refractivity contribution < 1.29 is 14.3 Å². The van der Waals surface area contributed by atoms with Gasteiger partial charge in [-0.2, -0.15) is 5.26 Å². The lowest BCUT2D eigenvalue weighted by Gasteiger charge is -2.37. The number of nitriles is 1. The highest BCUT2D eigenvalue weighted by molar-refractivity contribution is 5.80. The predicted octanol–water partition coefficient (Wildman–Crippen LogP) is -2.18. The lowest BCUT2D eigenvalue weighted by Crippen LogP contribution is -2.61. The molecule has 10 nitrogen and oxygen atoms in total. The van der Waals surface area contributed by atoms with Gasteiger partial charge in [-0.15, -0.1) is 0 Å². The molecule has 7 atom stereocenters. The number of carbonyl (C=O) groups is 1. The highest BCUT2D eigenvalue weighted by atomic mass is 16.6. The maximum Gasteiger partial charge on any atom is 0.229 e. The quantitative estimate of drug-likeness (QED) is 0.353. The number of rotatable bonds is 5. The number of carbonyl (C=O) groups excluding carboxylic acids is 1. The zero-order valence-electron chi connectivity index (χ0n) is 16.1. The number of hydrazine groups is 1. The van der Waals surface area contributed by atoms with Crippen LogP contribution in [0.4, 0.5) is 0 Å². The monoisotopic (exact) mass is 393 g/mol. The van der Waals surface area contributed by atoms with Gasteiger partial charge in [0.15, 0.2) is 0 Å². The largest absolute Gasteiger partial charge is 0.379 e. The molecule has 6 N–H and O–H groups in total. The van der Waals surface area contributed by atoms with Crippen molar-refractivity contribution in [3.05, 3.63) is 0 Å². The fourth-order valence-corrected chi connectivity index (χ4v) is 4.64. The minimum absolute atomic E-state index is 0.0158. The summed E-state index contributed by atoms with van der Waals surface area (Å²) in [5.74, 6) is -0.235. The molecule has 4 aliphatic heterocycles. The highest BCUT2D eigenvalue weighted by Crippen LogP contribution is 2.25. The Balaban J connectivity index is 1.36. The Morgan fingerprint density at radius 3 is 3.07 bits per heavy atom. The summed E-state index contributed by atoms with van der Waals surface area (Å²) in [5.41, 5.74) is 9.45. The van der Waals surface area contributed by atoms with Gasteiger partial charge < -0.3 is 25.8 Å². The van der Waals surface area contributed by atoms with Crippen LogP contribution in [0, 0.1) is 23.2 Å². The van der Waals surface area contributed by atoms with Crippen LogP contribution in [0.25, 0.3) is 0 Å². The second kappa shape index (κ2) is 9.00. The van der Waals surface area contributed by atoms with Gasteiger partial charge >= 0.3 is 0 Å². The van der Waals surface area contributed by atoms with Crippen LogP contribution < -0.4 is 27.1 Å². The number of amides is 1. The van der Waals surface area contributed by atoms with E-state index in [4.69, 9.17) is 20.5 Å². The van der Waals surface area contributed by atoms with Gasteiger partial charge in [-0.25, -0.2) is 10.4 Å². The van der Waals surface area contributed by atoms with Gasteiger partial charge in [-0.05, 0) is 25.3 Å². The summed E-state index contributed by atoms with van der Waals surface area (Å²) in [5, 5.41) is 20.8. The van der Waals surface area contributed by atoms with E-state index in [0.29, 0.717) is 32.7 Å². The van der Waals surface area contributed by atoms with Crippen molar-refractivity contribution >= 4 is 5.91 Å². The van der Waals surface area contributed by atoms with E-state index in [9.17, 15) is 4.79 Å². The summed E-state index contributed by atoms with van der Waals surface area (Å²) in [7, 11) is 0. The van der Waals surface area contributed by atoms with Gasteiger partial charge in [-0.1, -0.05) is 0 Å². The zero-order chi connectivity index (χ0) is 19.5. The minimum Gasteiger partial charge on any atom is -0.379 e. The molecule has 0 aromatic rings. The number of hydrogen-bond donors (Lipinski definition) is 5. The van der Waals surface area contributed by atoms with E-state index in [0.717, 1.165) is 26.0 Å². The Hall–Kier alpha value is -1.32. The van der Waals surface area contributed by atoms with Crippen LogP contribution in [-0.4, -0.2) is 80.9 Å². The van der Waals surface area contributed by atoms with Crippen LogP contribution in [0.5, 0.6) is 0 Å². The Morgan fingerprint density at radius 2 is 2.29 bits per heavy atom. The number of fused-ring (bicyclic) bond motifs is 1. The number of ether oxygens (including phenoxy) is 2. The van der Waals surface area contributed by atoms with Crippen molar-refractivity contribution in [2.24, 2.45) is 17.6 Å². The first-order valence-corrected chi connectivity index (χ1v) is 10.3. The summed E-state index contributed by atoms with van der Waals surface area (Å²) >= 11 is 0. The molecule has 4 heterocycles. The van der Waals surface area contributed by atoms with E-state index in [1.807, 2.05) is 5.01 Å². The van der Waals surface area contributed by atoms with Gasteiger partial charge in [0.2, 0.25) is 5.91 Å². The molecule has 4 rings (SSSR count). The van der Waals surface area contributed by atoms with Crippen LogP contribution in [0.3, 0.4) is 0 Å². The molecule has 4 fully saturated rings. The average Bonchev–Trinajstić information content (AvgIpc) is 3.30. The molecule has 4 saturated heterocycles. The van der Waals surface area contributed by atoms with Gasteiger partial charge in [0.1, 0.15) is 0 Å². The topological polar surface area (TPSA) is 137 Å². The molecule has 1 amide bonds. The molecule has 0 aromatic heterocycles. The first-order valence-electron chi connectivity index (χ1n) is 10.3. The highest BCUT2D eigenvalue weighted by Gasteiger charge is 2.47. The van der Waals surface area contributed by atoms with Gasteiger partial charge in [0.05, 0.1) is 49.2 Å². The summed E-state index contributed by atoms with van der Waals surface area (Å²) < 4.78 is 11.6. The number of nitrogens with one attached hydrogen (secondary N) is 4. The third-order valence-electron chi connectivity index (χ3n) is 6.13. The number of hydrogen-bond acceptors (Lipinski definition) is 9. The molecule has 6 unspecified atom stereocenters. The Labute approximate surface area is 165 Å². The van der Waals surface area contributed by atoms with E-state index in [2.05, 4.69) is 27.4 Å². The van der Waals surface area contributed by atoms with Gasteiger partial charge in [0, 0.05) is 32.7 Å². The smallest absolute Gasteiger partial charge is 0.229 e. The Kier molecular flexibility index (Phi) is 6.42. The maximum atomic E-state index is 13.1. The van der Waals surface area contributed by atoms with E-state index in [-0.39, 0.29) is 36.2 Å². The second-order valence-electron chi connectivity index (χ2n) is 8.18. The lowest BCUT2D eigenvalue weighted by molar-refractivity contribution is -0.130. The first kappa shape index (κ1) is 20.0. The molecular weight excluding hydrogens is 362 g/mol. The summed E-state index contributed by atoms with van der Waals surface area (Å²) in [6, 6.07) is 2.13. The van der Waals surface area contributed by atoms with Crippen LogP contribution >= 0.6 is 0 Å². The molecule has 156 valence electrons. The molecule has 4 aliphatic rings. The second-order valence-corrected chi connectivity index (χ2v) is 8.18. The maximum absolute atomic E-state index is 13.1. The third kappa shape index (κ3) is 4.31. The number of piperidine rings is 1. The molecule has 10 heteroatoms. The molecule has 0 saturated carbocycles. The molecule has 0 spiro atoms. The summed E-state index contributed by atoms with van der Waals surface area (Å²) in [4.78, 5) is 13.1. The summed E-state index contributed by atoms with van der Waals surface area (Å²) in [6.45, 7) is 4.36. The van der Waals surface area contributed by atoms with Crippen molar-refractivity contribution in [3.8, 4) is 6.07 Å². The normalized spacial score (nSPS) is 41.4. The van der Waals surface area contributed by atoms with Crippen molar-refractivity contribution in [3.63, 3.8) is 0 Å². The van der Waals surface area contributed by atoms with Crippen LogP contribution in [0.1, 0.15) is 19.3 Å². The van der Waals surface area contributed by atoms with E-state index < -0.39 is 12.1 Å². The number of nitrogens with zero attached hydrogens (tertiary/aromatic N) is 2. The first-order chi connectivity index (χ1) is 13.7. The Morgan fingerprint density at radius 1 is 1.39 bits per heavy atom. The van der Waals surface area contributed by atoms with Gasteiger partial charge in [-0.3, -0.25) is 10.1 Å². The minimum atomic E-state index is -0.461. The fourth-order valence-electron chi connectivity index (χ4n) is 4.64. The molecule has 28 heavy (non-hydrogen) atoms. The summed E-state index contributed by atoms with van der Waals surface area (Å²) in [6.07, 6.45) is 1.74. The van der Waals surface area contributed by atoms with Crippen molar-refractivity contribution in [2.45, 2.75) is 49.8 Å². The van der Waals surface area contributed by atoms with Crippen molar-refractivity contribution in [1.29, 1.82) is 5.26 Å². The molecular formula is C18H31N7O3. The average molecular weight is 393 g/mol. The van der Waals surface area contributed by atoms with Crippen LogP contribution in [0.15, 0.2) is 0 Å². The molecule has 0 bridgehead atoms. The third-order valence-corrected chi connectivity index (χ3v) is 6.13. The van der Waals surface area contributed by atoms with Crippen molar-refractivity contribution in [1.82, 2.24) is 26.4 Å². The van der Waals surface area contributed by atoms with Crippen molar-refractivity contribution in [2.75, 3.05) is 39.4 Å². The Bertz CT molecular complexity index is 594. The SMILES string of the molecule is N#CCC1CNC2C(C(=O)NC3CNCCC3O[C@@H]3CCOC3)C(N)NN2C1. The van der Waals surface area contributed by atoms with E-state index >= 15 is 0 Å². The zero-order valence-corrected chi connectivity index (χ0v) is 16.1. The van der Waals surface area contributed by atoms with Crippen LogP contribution in [-0.2, 0) is 14.3 Å². The molecule has 0 aliphatic carbocycles. The fraction of sp³-hybridized carbons (Fsp3) is 0.889. The molecule has 0 radical (unpaired) electrons. The van der Waals surface area contributed by atoms with Crippen LogP contribution in [0.2, 0.25) is 0 Å². The van der Waals surface area contributed by atoms with E-state index in [1.165, 1.54) is 0 Å². The van der Waals surface area contributed by atoms with Gasteiger partial charge in [0.25, 0.3) is 0 Å². The molecule has 0 aromatic carbocycles. The predicted molar refractivity (Wildman–Crippen MR) is 100 cm³/mol.